The Kier molecular flexibility index (Phi) is 6.26. The van der Waals surface area contributed by atoms with Crippen molar-refractivity contribution in [3.8, 4) is 0 Å². The Labute approximate surface area is 129 Å². The molecule has 0 bridgehead atoms. The highest BCUT2D eigenvalue weighted by molar-refractivity contribution is 7.91. The summed E-state index contributed by atoms with van der Waals surface area (Å²) in [6.07, 6.45) is 3.56. The fourth-order valence-corrected chi connectivity index (χ4v) is 4.93. The predicted octanol–water partition coefficient (Wildman–Crippen LogP) is 3.36. The van der Waals surface area contributed by atoms with Gasteiger partial charge in [0.25, 0.3) is 0 Å². The van der Waals surface area contributed by atoms with Crippen LogP contribution in [0.4, 0.5) is 0 Å². The van der Waals surface area contributed by atoms with E-state index in [2.05, 4.69) is 20.8 Å². The third-order valence-electron chi connectivity index (χ3n) is 4.84. The van der Waals surface area contributed by atoms with Gasteiger partial charge in [-0.15, -0.1) is 0 Å². The lowest BCUT2D eigenvalue weighted by Crippen LogP contribution is -2.36. The van der Waals surface area contributed by atoms with Crippen LogP contribution in [0.25, 0.3) is 0 Å². The third kappa shape index (κ3) is 5.61. The lowest BCUT2D eigenvalue weighted by molar-refractivity contribution is -0.146. The van der Waals surface area contributed by atoms with Crippen LogP contribution in [0.15, 0.2) is 0 Å². The summed E-state index contributed by atoms with van der Waals surface area (Å²) >= 11 is 0. The van der Waals surface area contributed by atoms with Crippen LogP contribution in [0.3, 0.4) is 0 Å². The first kappa shape index (κ1) is 18.5. The summed E-state index contributed by atoms with van der Waals surface area (Å²) in [7, 11) is -3.03. The molecule has 0 amide bonds. The number of sulfone groups is 1. The topological polar surface area (TPSA) is 71.4 Å². The number of carbonyl (C=O) groups is 1. The molecule has 21 heavy (non-hydrogen) atoms. The van der Waals surface area contributed by atoms with Gasteiger partial charge in [0.05, 0.1) is 11.7 Å². The van der Waals surface area contributed by atoms with Gasteiger partial charge in [0.2, 0.25) is 0 Å². The lowest BCUT2D eigenvalue weighted by Gasteiger charge is -2.40. The van der Waals surface area contributed by atoms with E-state index in [4.69, 9.17) is 0 Å². The van der Waals surface area contributed by atoms with E-state index >= 15 is 0 Å². The first-order valence-electron chi connectivity index (χ1n) is 8.00. The molecule has 1 aliphatic carbocycles. The van der Waals surface area contributed by atoms with Crippen molar-refractivity contribution in [3.63, 3.8) is 0 Å². The fraction of sp³-hybridized carbons (Fsp3) is 0.938. The van der Waals surface area contributed by atoms with E-state index in [0.29, 0.717) is 25.2 Å². The van der Waals surface area contributed by atoms with Crippen molar-refractivity contribution in [3.05, 3.63) is 0 Å². The molecule has 1 aliphatic rings. The van der Waals surface area contributed by atoms with Gasteiger partial charge in [0, 0.05) is 5.75 Å². The molecule has 0 aliphatic heterocycles. The van der Waals surface area contributed by atoms with Gasteiger partial charge in [-0.25, -0.2) is 8.42 Å². The second kappa shape index (κ2) is 7.12. The second-order valence-corrected chi connectivity index (χ2v) is 9.82. The zero-order valence-corrected chi connectivity index (χ0v) is 14.6. The van der Waals surface area contributed by atoms with E-state index in [9.17, 15) is 18.3 Å². The smallest absolute Gasteiger partial charge is 0.306 e. The molecule has 1 rings (SSSR count). The van der Waals surface area contributed by atoms with Crippen LogP contribution in [0.5, 0.6) is 0 Å². The molecule has 124 valence electrons. The van der Waals surface area contributed by atoms with Crippen molar-refractivity contribution in [2.45, 2.75) is 59.8 Å². The molecule has 3 unspecified atom stereocenters. The van der Waals surface area contributed by atoms with Gasteiger partial charge in [-0.2, -0.15) is 0 Å². The van der Waals surface area contributed by atoms with Crippen LogP contribution in [0, 0.1) is 23.2 Å². The minimum Gasteiger partial charge on any atom is -0.481 e. The molecule has 3 atom stereocenters. The zero-order valence-electron chi connectivity index (χ0n) is 13.8. The number of carboxylic acids is 1. The molecule has 0 aromatic carbocycles. The van der Waals surface area contributed by atoms with Crippen LogP contribution in [0.1, 0.15) is 59.8 Å². The Hall–Kier alpha value is -0.580. The first-order chi connectivity index (χ1) is 9.57. The average Bonchev–Trinajstić information content (AvgIpc) is 2.34. The Bertz CT molecular complexity index is 447. The summed E-state index contributed by atoms with van der Waals surface area (Å²) < 4.78 is 23.8. The molecule has 0 heterocycles. The summed E-state index contributed by atoms with van der Waals surface area (Å²) in [5, 5.41) is 9.38. The maximum Gasteiger partial charge on any atom is 0.306 e. The molecule has 0 spiro atoms. The van der Waals surface area contributed by atoms with Crippen molar-refractivity contribution >= 4 is 15.8 Å². The van der Waals surface area contributed by atoms with Crippen molar-refractivity contribution in [1.82, 2.24) is 0 Å². The van der Waals surface area contributed by atoms with E-state index < -0.39 is 15.8 Å². The molecular weight excluding hydrogens is 288 g/mol. The van der Waals surface area contributed by atoms with Crippen molar-refractivity contribution in [2.24, 2.45) is 23.2 Å². The number of rotatable bonds is 6. The van der Waals surface area contributed by atoms with Crippen LogP contribution in [-0.2, 0) is 14.6 Å². The standard InChI is InChI=1S/C16H30O4S/c1-5-9-21(19,20)10-8-12-11-13(16(2,3)4)6-7-14(12)15(17)18/h12-14H,5-11H2,1-4H3,(H,17,18). The van der Waals surface area contributed by atoms with Gasteiger partial charge in [-0.1, -0.05) is 27.7 Å². The van der Waals surface area contributed by atoms with Gasteiger partial charge >= 0.3 is 5.97 Å². The minimum absolute atomic E-state index is 0.00731. The number of carboxylic acid groups (broad SMARTS) is 1. The fourth-order valence-electron chi connectivity index (χ4n) is 3.44. The van der Waals surface area contributed by atoms with Crippen molar-refractivity contribution < 1.29 is 18.3 Å². The molecule has 1 saturated carbocycles. The summed E-state index contributed by atoms with van der Waals surface area (Å²) in [6.45, 7) is 8.41. The number of hydrogen-bond donors (Lipinski definition) is 1. The normalized spacial score (nSPS) is 27.5. The van der Waals surface area contributed by atoms with Crippen LogP contribution >= 0.6 is 0 Å². The summed E-state index contributed by atoms with van der Waals surface area (Å²) in [4.78, 5) is 11.4. The number of aliphatic carboxylic acids is 1. The van der Waals surface area contributed by atoms with Gasteiger partial charge in [0.15, 0.2) is 0 Å². The zero-order chi connectivity index (χ0) is 16.3. The lowest BCUT2D eigenvalue weighted by atomic mass is 9.65. The molecule has 1 fully saturated rings. The maximum atomic E-state index is 11.9. The Morgan fingerprint density at radius 1 is 1.19 bits per heavy atom. The third-order valence-corrected chi connectivity index (χ3v) is 6.73. The Morgan fingerprint density at radius 3 is 2.29 bits per heavy atom. The molecule has 0 radical (unpaired) electrons. The summed E-state index contributed by atoms with van der Waals surface area (Å²) in [5.74, 6) is -0.327. The molecule has 1 N–H and O–H groups in total. The van der Waals surface area contributed by atoms with Gasteiger partial charge in [-0.3, -0.25) is 4.79 Å². The molecule has 0 saturated heterocycles. The van der Waals surface area contributed by atoms with Crippen molar-refractivity contribution in [2.75, 3.05) is 11.5 Å². The molecule has 0 aromatic rings. The highest BCUT2D eigenvalue weighted by Gasteiger charge is 2.39. The van der Waals surface area contributed by atoms with Gasteiger partial charge in [-0.05, 0) is 49.4 Å². The van der Waals surface area contributed by atoms with E-state index in [0.717, 1.165) is 12.8 Å². The average molecular weight is 318 g/mol. The second-order valence-electron chi connectivity index (χ2n) is 7.52. The first-order valence-corrected chi connectivity index (χ1v) is 9.82. The highest BCUT2D eigenvalue weighted by Crippen LogP contribution is 2.44. The van der Waals surface area contributed by atoms with E-state index in [1.165, 1.54) is 0 Å². The van der Waals surface area contributed by atoms with E-state index in [-0.39, 0.29) is 28.8 Å². The predicted molar refractivity (Wildman–Crippen MR) is 85.0 cm³/mol. The van der Waals surface area contributed by atoms with Crippen LogP contribution < -0.4 is 0 Å². The van der Waals surface area contributed by atoms with Crippen LogP contribution in [-0.4, -0.2) is 31.0 Å². The summed E-state index contributed by atoms with van der Waals surface area (Å²) in [5.41, 5.74) is 0.157. The van der Waals surface area contributed by atoms with Gasteiger partial charge in [0.1, 0.15) is 9.84 Å². The molecule has 5 heteroatoms. The molecule has 0 aromatic heterocycles. The number of hydrogen-bond acceptors (Lipinski definition) is 3. The monoisotopic (exact) mass is 318 g/mol. The minimum atomic E-state index is -3.03. The van der Waals surface area contributed by atoms with E-state index in [1.54, 1.807) is 0 Å². The SMILES string of the molecule is CCCS(=O)(=O)CCC1CC(C(C)(C)C)CCC1C(=O)O. The van der Waals surface area contributed by atoms with Gasteiger partial charge < -0.3 is 5.11 Å². The highest BCUT2D eigenvalue weighted by atomic mass is 32.2. The Balaban J connectivity index is 2.74. The largest absolute Gasteiger partial charge is 0.481 e. The van der Waals surface area contributed by atoms with Crippen LogP contribution in [0.2, 0.25) is 0 Å². The molecular formula is C16H30O4S. The van der Waals surface area contributed by atoms with Crippen molar-refractivity contribution in [1.29, 1.82) is 0 Å². The quantitative estimate of drug-likeness (QED) is 0.815. The maximum absolute atomic E-state index is 11.9. The Morgan fingerprint density at radius 2 is 1.81 bits per heavy atom. The molecule has 4 nitrogen and oxygen atoms in total. The van der Waals surface area contributed by atoms with E-state index in [1.807, 2.05) is 6.92 Å². The summed E-state index contributed by atoms with van der Waals surface area (Å²) in [6, 6.07) is 0.